The molecule has 1 aliphatic heterocycles. The molecule has 0 bridgehead atoms. The minimum Gasteiger partial charge on any atom is -0.475 e. The first kappa shape index (κ1) is 11.6. The number of carboxylic acid groups (broad SMARTS) is 1. The average Bonchev–Trinajstić information content (AvgIpc) is 2.81. The van der Waals surface area contributed by atoms with Crippen LogP contribution in [0.1, 0.15) is 28.8 Å². The summed E-state index contributed by atoms with van der Waals surface area (Å²) in [6.07, 6.45) is 2.18. The van der Waals surface area contributed by atoms with Crippen molar-refractivity contribution in [3.8, 4) is 0 Å². The molecular weight excluding hydrogens is 218 g/mol. The topological polar surface area (TPSA) is 57.6 Å². The van der Waals surface area contributed by atoms with Crippen molar-refractivity contribution in [1.82, 2.24) is 0 Å². The Labute approximate surface area is 99.9 Å². The third-order valence-corrected chi connectivity index (χ3v) is 3.04. The second kappa shape index (κ2) is 4.57. The second-order valence-corrected chi connectivity index (χ2v) is 4.35. The third-order valence-electron chi connectivity index (χ3n) is 3.04. The zero-order valence-electron chi connectivity index (χ0n) is 9.77. The molecule has 1 heterocycles. The fourth-order valence-electron chi connectivity index (χ4n) is 2.18. The lowest BCUT2D eigenvalue weighted by Crippen LogP contribution is -2.23. The number of hydrogen-bond donors (Lipinski definition) is 1. The van der Waals surface area contributed by atoms with E-state index in [2.05, 4.69) is 4.90 Å². The Bertz CT molecular complexity index is 462. The van der Waals surface area contributed by atoms with Crippen LogP contribution >= 0.6 is 0 Å². The second-order valence-electron chi connectivity index (χ2n) is 4.35. The van der Waals surface area contributed by atoms with Crippen LogP contribution in [0.4, 0.5) is 5.69 Å². The molecule has 2 rings (SSSR count). The van der Waals surface area contributed by atoms with Gasteiger partial charge in [0.15, 0.2) is 0 Å². The van der Waals surface area contributed by atoms with Gasteiger partial charge in [-0.3, -0.25) is 4.79 Å². The molecule has 4 nitrogen and oxygen atoms in total. The first-order chi connectivity index (χ1) is 8.09. The SMILES string of the molecule is Cc1ccc(N2CCCC2)c(C(=O)C(=O)O)c1. The number of anilines is 1. The van der Waals surface area contributed by atoms with E-state index >= 15 is 0 Å². The Morgan fingerprint density at radius 2 is 1.88 bits per heavy atom. The van der Waals surface area contributed by atoms with Gasteiger partial charge in [-0.1, -0.05) is 11.6 Å². The van der Waals surface area contributed by atoms with E-state index in [9.17, 15) is 9.59 Å². The summed E-state index contributed by atoms with van der Waals surface area (Å²) in [5.74, 6) is -2.22. The lowest BCUT2D eigenvalue weighted by atomic mass is 10.0. The lowest BCUT2D eigenvalue weighted by Gasteiger charge is -2.20. The van der Waals surface area contributed by atoms with Crippen molar-refractivity contribution in [2.75, 3.05) is 18.0 Å². The van der Waals surface area contributed by atoms with E-state index in [-0.39, 0.29) is 0 Å². The maximum atomic E-state index is 11.6. The summed E-state index contributed by atoms with van der Waals surface area (Å²) in [6, 6.07) is 5.41. The van der Waals surface area contributed by atoms with Gasteiger partial charge in [-0.25, -0.2) is 4.79 Å². The third kappa shape index (κ3) is 2.30. The number of carboxylic acids is 1. The molecule has 1 aliphatic rings. The largest absolute Gasteiger partial charge is 0.475 e. The monoisotopic (exact) mass is 233 g/mol. The highest BCUT2D eigenvalue weighted by molar-refractivity contribution is 6.41. The number of aliphatic carboxylic acids is 1. The van der Waals surface area contributed by atoms with E-state index in [1.165, 1.54) is 0 Å². The van der Waals surface area contributed by atoms with Crippen LogP contribution in [0.3, 0.4) is 0 Å². The molecule has 0 amide bonds. The molecule has 0 saturated carbocycles. The molecule has 17 heavy (non-hydrogen) atoms. The minimum absolute atomic E-state index is 0.305. The van der Waals surface area contributed by atoms with Gasteiger partial charge in [0, 0.05) is 18.8 Å². The quantitative estimate of drug-likeness (QED) is 0.639. The Hall–Kier alpha value is -1.84. The van der Waals surface area contributed by atoms with Crippen molar-refractivity contribution >= 4 is 17.4 Å². The van der Waals surface area contributed by atoms with E-state index in [1.807, 2.05) is 19.1 Å². The summed E-state index contributed by atoms with van der Waals surface area (Å²) in [5.41, 5.74) is 1.96. The maximum Gasteiger partial charge on any atom is 0.377 e. The van der Waals surface area contributed by atoms with Gasteiger partial charge in [0.25, 0.3) is 5.78 Å². The van der Waals surface area contributed by atoms with E-state index in [0.717, 1.165) is 37.2 Å². The molecule has 1 fully saturated rings. The number of Topliss-reactive ketones (excluding diaryl/α,β-unsaturated/α-hetero) is 1. The lowest BCUT2D eigenvalue weighted by molar-refractivity contribution is -0.131. The Morgan fingerprint density at radius 3 is 2.47 bits per heavy atom. The van der Waals surface area contributed by atoms with Crippen LogP contribution in [0.2, 0.25) is 0 Å². The number of hydrogen-bond acceptors (Lipinski definition) is 3. The van der Waals surface area contributed by atoms with Gasteiger partial charge >= 0.3 is 5.97 Å². The predicted octanol–water partition coefficient (Wildman–Crippen LogP) is 1.86. The van der Waals surface area contributed by atoms with Crippen LogP contribution in [0.5, 0.6) is 0 Å². The molecule has 90 valence electrons. The summed E-state index contributed by atoms with van der Waals surface area (Å²) < 4.78 is 0. The molecule has 4 heteroatoms. The maximum absolute atomic E-state index is 11.6. The van der Waals surface area contributed by atoms with Crippen molar-refractivity contribution in [2.24, 2.45) is 0 Å². The van der Waals surface area contributed by atoms with Crippen molar-refractivity contribution in [1.29, 1.82) is 0 Å². The van der Waals surface area contributed by atoms with Gasteiger partial charge in [0.2, 0.25) is 0 Å². The predicted molar refractivity (Wildman–Crippen MR) is 64.6 cm³/mol. The van der Waals surface area contributed by atoms with Crippen LogP contribution in [0.25, 0.3) is 0 Å². The zero-order chi connectivity index (χ0) is 12.4. The van der Waals surface area contributed by atoms with Crippen molar-refractivity contribution in [2.45, 2.75) is 19.8 Å². The van der Waals surface area contributed by atoms with Gasteiger partial charge in [-0.05, 0) is 31.9 Å². The standard InChI is InChI=1S/C13H15NO3/c1-9-4-5-11(14-6-2-3-7-14)10(8-9)12(15)13(16)17/h4-5,8H,2-3,6-7H2,1H3,(H,16,17). The highest BCUT2D eigenvalue weighted by Crippen LogP contribution is 2.26. The highest BCUT2D eigenvalue weighted by Gasteiger charge is 2.23. The van der Waals surface area contributed by atoms with Crippen molar-refractivity contribution in [3.63, 3.8) is 0 Å². The number of carbonyl (C=O) groups is 2. The minimum atomic E-state index is -1.39. The molecule has 1 saturated heterocycles. The first-order valence-electron chi connectivity index (χ1n) is 5.73. The average molecular weight is 233 g/mol. The fraction of sp³-hybridized carbons (Fsp3) is 0.385. The normalized spacial score (nSPS) is 15.0. The van der Waals surface area contributed by atoms with Crippen molar-refractivity contribution < 1.29 is 14.7 Å². The number of nitrogens with zero attached hydrogens (tertiary/aromatic N) is 1. The van der Waals surface area contributed by atoms with Crippen LogP contribution in [-0.2, 0) is 4.79 Å². The molecule has 1 aromatic rings. The van der Waals surface area contributed by atoms with Gasteiger partial charge in [-0.2, -0.15) is 0 Å². The van der Waals surface area contributed by atoms with E-state index in [1.54, 1.807) is 6.07 Å². The molecule has 0 aromatic heterocycles. The van der Waals surface area contributed by atoms with Gasteiger partial charge in [0.05, 0.1) is 5.56 Å². The van der Waals surface area contributed by atoms with Gasteiger partial charge < -0.3 is 10.0 Å². The van der Waals surface area contributed by atoms with E-state index in [0.29, 0.717) is 5.56 Å². The van der Waals surface area contributed by atoms with E-state index in [4.69, 9.17) is 5.11 Å². The van der Waals surface area contributed by atoms with E-state index < -0.39 is 11.8 Å². The first-order valence-corrected chi connectivity index (χ1v) is 5.73. The molecule has 0 radical (unpaired) electrons. The highest BCUT2D eigenvalue weighted by atomic mass is 16.4. The molecular formula is C13H15NO3. The Morgan fingerprint density at radius 1 is 1.24 bits per heavy atom. The van der Waals surface area contributed by atoms with Crippen LogP contribution in [-0.4, -0.2) is 29.9 Å². The number of rotatable bonds is 3. The van der Waals surface area contributed by atoms with Crippen LogP contribution < -0.4 is 4.90 Å². The fourth-order valence-corrected chi connectivity index (χ4v) is 2.18. The smallest absolute Gasteiger partial charge is 0.377 e. The zero-order valence-corrected chi connectivity index (χ0v) is 9.77. The molecule has 1 N–H and O–H groups in total. The number of carbonyl (C=O) groups excluding carboxylic acids is 1. The molecule has 0 aliphatic carbocycles. The Balaban J connectivity index is 2.43. The summed E-state index contributed by atoms with van der Waals surface area (Å²) in [6.45, 7) is 3.64. The molecule has 0 atom stereocenters. The number of aryl methyl sites for hydroxylation is 1. The van der Waals surface area contributed by atoms with Crippen molar-refractivity contribution in [3.05, 3.63) is 29.3 Å². The summed E-state index contributed by atoms with van der Waals surface area (Å²) in [7, 11) is 0. The summed E-state index contributed by atoms with van der Waals surface area (Å²) in [5, 5.41) is 8.83. The number of benzene rings is 1. The Kier molecular flexibility index (Phi) is 3.13. The van der Waals surface area contributed by atoms with Gasteiger partial charge in [0.1, 0.15) is 0 Å². The summed E-state index contributed by atoms with van der Waals surface area (Å²) in [4.78, 5) is 24.5. The van der Waals surface area contributed by atoms with Crippen LogP contribution in [0.15, 0.2) is 18.2 Å². The molecule has 0 spiro atoms. The van der Waals surface area contributed by atoms with Crippen LogP contribution in [0, 0.1) is 6.92 Å². The summed E-state index contributed by atoms with van der Waals surface area (Å²) >= 11 is 0. The number of ketones is 1. The molecule has 1 aromatic carbocycles. The van der Waals surface area contributed by atoms with Gasteiger partial charge in [-0.15, -0.1) is 0 Å². The molecule has 0 unspecified atom stereocenters.